The van der Waals surface area contributed by atoms with Crippen LogP contribution in [0, 0.1) is 17.6 Å². The van der Waals surface area contributed by atoms with Crippen molar-refractivity contribution in [1.29, 1.82) is 0 Å². The molecule has 29 heavy (non-hydrogen) atoms. The van der Waals surface area contributed by atoms with Crippen LogP contribution in [-0.2, 0) is 16.1 Å². The fourth-order valence-electron chi connectivity index (χ4n) is 3.75. The number of hydrogen-bond donors (Lipinski definition) is 2. The molecule has 1 saturated heterocycles. The van der Waals surface area contributed by atoms with E-state index in [-0.39, 0.29) is 12.5 Å². The molecule has 0 radical (unpaired) electrons. The van der Waals surface area contributed by atoms with Crippen molar-refractivity contribution in [2.75, 3.05) is 32.8 Å². The Labute approximate surface area is 177 Å². The van der Waals surface area contributed by atoms with Gasteiger partial charge in [0.15, 0.2) is 10.6 Å². The molecule has 1 aromatic heterocycles. The predicted octanol–water partition coefficient (Wildman–Crippen LogP) is 2.78. The number of ether oxygens (including phenoxy) is 1. The Balaban J connectivity index is 1.65. The number of carbonyl (C=O) groups is 1. The molecule has 2 heterocycles. The maximum Gasteiger partial charge on any atom is 0.240 e. The van der Waals surface area contributed by atoms with Gasteiger partial charge in [-0.15, -0.1) is 0 Å². The lowest BCUT2D eigenvalue weighted by Gasteiger charge is -2.35. The van der Waals surface area contributed by atoms with E-state index in [0.29, 0.717) is 29.1 Å². The number of nitrogens with one attached hydrogen (secondary N) is 2. The molecular weight excluding hydrogens is 386 g/mol. The van der Waals surface area contributed by atoms with E-state index in [0.717, 1.165) is 43.9 Å². The van der Waals surface area contributed by atoms with Gasteiger partial charge in [0.2, 0.25) is 5.91 Å². The van der Waals surface area contributed by atoms with Crippen molar-refractivity contribution in [3.8, 4) is 11.4 Å². The summed E-state index contributed by atoms with van der Waals surface area (Å²) in [4.78, 5) is 15.1. The zero-order valence-electron chi connectivity index (χ0n) is 17.5. The second-order valence-corrected chi connectivity index (χ2v) is 8.43. The van der Waals surface area contributed by atoms with E-state index >= 15 is 0 Å². The number of aromatic nitrogens is 3. The van der Waals surface area contributed by atoms with Crippen LogP contribution in [0.2, 0.25) is 0 Å². The molecule has 1 amide bonds. The monoisotopic (exact) mass is 417 g/mol. The lowest BCUT2D eigenvalue weighted by atomic mass is 10.0. The van der Waals surface area contributed by atoms with Crippen molar-refractivity contribution in [3.63, 3.8) is 0 Å². The minimum Gasteiger partial charge on any atom is -0.379 e. The van der Waals surface area contributed by atoms with Crippen LogP contribution in [0.4, 0.5) is 0 Å². The standard InChI is InChI=1S/C21H31N5O2S/c1-15(2)11-18(25-7-9-28-10-8-25)13-22-19(27)14-26-20(23-24-21(26)29)17-6-4-5-16(3)12-17/h4-6,12,15,18H,7-11,13-14H2,1-3H3,(H,22,27)(H,24,29). The van der Waals surface area contributed by atoms with Gasteiger partial charge < -0.3 is 10.1 Å². The normalized spacial score (nSPS) is 16.1. The SMILES string of the molecule is Cc1cccc(-c2n[nH]c(=S)n2CC(=O)NCC(CC(C)C)N2CCOCC2)c1. The lowest BCUT2D eigenvalue weighted by Crippen LogP contribution is -2.49. The summed E-state index contributed by atoms with van der Waals surface area (Å²) in [6, 6.07) is 8.34. The summed E-state index contributed by atoms with van der Waals surface area (Å²) >= 11 is 5.36. The van der Waals surface area contributed by atoms with Gasteiger partial charge in [-0.2, -0.15) is 5.10 Å². The summed E-state index contributed by atoms with van der Waals surface area (Å²) in [6.07, 6.45) is 1.04. The fraction of sp³-hybridized carbons (Fsp3) is 0.571. The third-order valence-electron chi connectivity index (χ3n) is 5.18. The average Bonchev–Trinajstić information content (AvgIpc) is 3.06. The van der Waals surface area contributed by atoms with E-state index in [1.165, 1.54) is 0 Å². The number of aryl methyl sites for hydroxylation is 1. The Kier molecular flexibility index (Phi) is 7.57. The fourth-order valence-corrected chi connectivity index (χ4v) is 3.94. The highest BCUT2D eigenvalue weighted by molar-refractivity contribution is 7.71. The van der Waals surface area contributed by atoms with Crippen molar-refractivity contribution in [3.05, 3.63) is 34.6 Å². The third-order valence-corrected chi connectivity index (χ3v) is 5.49. The molecule has 0 spiro atoms. The smallest absolute Gasteiger partial charge is 0.240 e. The Morgan fingerprint density at radius 2 is 2.10 bits per heavy atom. The number of carbonyl (C=O) groups excluding carboxylic acids is 1. The molecular formula is C21H31N5O2S. The van der Waals surface area contributed by atoms with Gasteiger partial charge in [-0.1, -0.05) is 37.6 Å². The van der Waals surface area contributed by atoms with Crippen LogP contribution in [0.1, 0.15) is 25.8 Å². The summed E-state index contributed by atoms with van der Waals surface area (Å²) in [5, 5.41) is 10.3. The Hall–Kier alpha value is -2.03. The minimum atomic E-state index is -0.0570. The summed E-state index contributed by atoms with van der Waals surface area (Å²) in [5.74, 6) is 1.19. The van der Waals surface area contributed by atoms with E-state index in [1.54, 1.807) is 4.57 Å². The first kappa shape index (κ1) is 21.7. The Morgan fingerprint density at radius 3 is 2.79 bits per heavy atom. The zero-order valence-corrected chi connectivity index (χ0v) is 18.3. The van der Waals surface area contributed by atoms with Gasteiger partial charge in [0.05, 0.1) is 13.2 Å². The summed E-state index contributed by atoms with van der Waals surface area (Å²) in [6.45, 7) is 10.6. The van der Waals surface area contributed by atoms with Crippen molar-refractivity contribution >= 4 is 18.1 Å². The highest BCUT2D eigenvalue weighted by Gasteiger charge is 2.22. The van der Waals surface area contributed by atoms with Gasteiger partial charge in [-0.3, -0.25) is 19.4 Å². The van der Waals surface area contributed by atoms with E-state index in [9.17, 15) is 4.79 Å². The van der Waals surface area contributed by atoms with Crippen LogP contribution in [-0.4, -0.2) is 64.5 Å². The number of benzene rings is 1. The van der Waals surface area contributed by atoms with Gasteiger partial charge in [0.25, 0.3) is 0 Å². The van der Waals surface area contributed by atoms with Crippen molar-refractivity contribution in [2.24, 2.45) is 5.92 Å². The highest BCUT2D eigenvalue weighted by Crippen LogP contribution is 2.18. The minimum absolute atomic E-state index is 0.0570. The van der Waals surface area contributed by atoms with E-state index in [1.807, 2.05) is 31.2 Å². The number of amides is 1. The van der Waals surface area contributed by atoms with Crippen LogP contribution in [0.25, 0.3) is 11.4 Å². The van der Waals surface area contributed by atoms with Gasteiger partial charge in [0.1, 0.15) is 6.54 Å². The lowest BCUT2D eigenvalue weighted by molar-refractivity contribution is -0.122. The zero-order chi connectivity index (χ0) is 20.8. The first-order valence-corrected chi connectivity index (χ1v) is 10.7. The quantitative estimate of drug-likeness (QED) is 0.646. The molecule has 0 saturated carbocycles. The van der Waals surface area contributed by atoms with E-state index in [2.05, 4.69) is 34.3 Å². The molecule has 1 aromatic carbocycles. The molecule has 2 N–H and O–H groups in total. The third kappa shape index (κ3) is 5.98. The predicted molar refractivity (Wildman–Crippen MR) is 116 cm³/mol. The number of hydrogen-bond acceptors (Lipinski definition) is 5. The summed E-state index contributed by atoms with van der Waals surface area (Å²) in [5.41, 5.74) is 2.07. The molecule has 1 fully saturated rings. The number of aromatic amines is 1. The van der Waals surface area contributed by atoms with Gasteiger partial charge in [-0.05, 0) is 37.5 Å². The van der Waals surface area contributed by atoms with E-state index < -0.39 is 0 Å². The molecule has 1 aliphatic rings. The second-order valence-electron chi connectivity index (χ2n) is 8.04. The van der Waals surface area contributed by atoms with Crippen LogP contribution in [0.5, 0.6) is 0 Å². The molecule has 158 valence electrons. The maximum atomic E-state index is 12.7. The molecule has 7 nitrogen and oxygen atoms in total. The van der Waals surface area contributed by atoms with Crippen LogP contribution >= 0.6 is 12.2 Å². The summed E-state index contributed by atoms with van der Waals surface area (Å²) in [7, 11) is 0. The van der Waals surface area contributed by atoms with Gasteiger partial charge >= 0.3 is 0 Å². The van der Waals surface area contributed by atoms with Crippen molar-refractivity contribution in [2.45, 2.75) is 39.8 Å². The number of morpholine rings is 1. The molecule has 3 rings (SSSR count). The number of nitrogens with zero attached hydrogens (tertiary/aromatic N) is 3. The van der Waals surface area contributed by atoms with Crippen molar-refractivity contribution in [1.82, 2.24) is 25.0 Å². The largest absolute Gasteiger partial charge is 0.379 e. The topological polar surface area (TPSA) is 75.2 Å². The summed E-state index contributed by atoms with van der Waals surface area (Å²) < 4.78 is 7.68. The molecule has 8 heteroatoms. The molecule has 1 atom stereocenters. The van der Waals surface area contributed by atoms with Crippen LogP contribution in [0.3, 0.4) is 0 Å². The maximum absolute atomic E-state index is 12.7. The molecule has 0 aliphatic carbocycles. The number of rotatable bonds is 8. The van der Waals surface area contributed by atoms with E-state index in [4.69, 9.17) is 17.0 Å². The molecule has 2 aromatic rings. The first-order valence-electron chi connectivity index (χ1n) is 10.2. The van der Waals surface area contributed by atoms with Crippen molar-refractivity contribution < 1.29 is 9.53 Å². The Bertz CT molecular complexity index is 870. The Morgan fingerprint density at radius 1 is 1.34 bits per heavy atom. The highest BCUT2D eigenvalue weighted by atomic mass is 32.1. The van der Waals surface area contributed by atoms with Crippen LogP contribution < -0.4 is 5.32 Å². The second kappa shape index (κ2) is 10.1. The molecule has 1 aliphatic heterocycles. The molecule has 0 bridgehead atoms. The first-order chi connectivity index (χ1) is 13.9. The number of H-pyrrole nitrogens is 1. The average molecular weight is 418 g/mol. The van der Waals surface area contributed by atoms with Crippen LogP contribution in [0.15, 0.2) is 24.3 Å². The van der Waals surface area contributed by atoms with Gasteiger partial charge in [-0.25, -0.2) is 0 Å². The van der Waals surface area contributed by atoms with Gasteiger partial charge in [0, 0.05) is 31.2 Å². The molecule has 1 unspecified atom stereocenters.